The minimum absolute atomic E-state index is 0.243. The second kappa shape index (κ2) is 4.80. The highest BCUT2D eigenvalue weighted by atomic mass is 79.9. The summed E-state index contributed by atoms with van der Waals surface area (Å²) in [5.41, 5.74) is 1.50. The number of aliphatic imine (C=N–C) groups is 1. The number of benzene rings is 1. The summed E-state index contributed by atoms with van der Waals surface area (Å²) >= 11 is 12.7. The van der Waals surface area contributed by atoms with Crippen molar-refractivity contribution >= 4 is 51.2 Å². The molecular formula is C9H4BrN3OS2. The van der Waals surface area contributed by atoms with Crippen LogP contribution < -0.4 is 0 Å². The van der Waals surface area contributed by atoms with Crippen molar-refractivity contribution in [2.45, 2.75) is 0 Å². The van der Waals surface area contributed by atoms with Crippen LogP contribution in [0.2, 0.25) is 0 Å². The molecule has 0 amide bonds. The molecule has 0 saturated heterocycles. The zero-order chi connectivity index (χ0) is 11.5. The Balaban J connectivity index is 2.49. The summed E-state index contributed by atoms with van der Waals surface area (Å²) in [4.78, 5) is 4.13. The highest BCUT2D eigenvalue weighted by Gasteiger charge is 2.06. The molecule has 16 heavy (non-hydrogen) atoms. The largest absolute Gasteiger partial charge is 0.409 e. The van der Waals surface area contributed by atoms with Gasteiger partial charge in [0.05, 0.1) is 10.8 Å². The number of aromatic amines is 1. The molecule has 0 bridgehead atoms. The van der Waals surface area contributed by atoms with E-state index < -0.39 is 0 Å². The molecule has 0 aliphatic rings. The molecule has 7 heteroatoms. The monoisotopic (exact) mass is 313 g/mol. The first-order chi connectivity index (χ1) is 7.70. The summed E-state index contributed by atoms with van der Waals surface area (Å²) in [6.07, 6.45) is 0. The average Bonchev–Trinajstić information content (AvgIpc) is 2.68. The number of hydrogen-bond acceptors (Lipinski definition) is 5. The summed E-state index contributed by atoms with van der Waals surface area (Å²) < 4.78 is 5.97. The Bertz CT molecular complexity index is 628. The van der Waals surface area contributed by atoms with Crippen LogP contribution in [0.5, 0.6) is 0 Å². The first kappa shape index (κ1) is 11.3. The second-order valence-electron chi connectivity index (χ2n) is 2.79. The third-order valence-corrected chi connectivity index (χ3v) is 2.70. The molecule has 0 spiro atoms. The predicted molar refractivity (Wildman–Crippen MR) is 69.5 cm³/mol. The van der Waals surface area contributed by atoms with Gasteiger partial charge in [0.25, 0.3) is 4.84 Å². The maximum Gasteiger partial charge on any atom is 0.284 e. The van der Waals surface area contributed by atoms with Crippen molar-refractivity contribution in [3.8, 4) is 11.5 Å². The zero-order valence-electron chi connectivity index (χ0n) is 7.73. The Kier molecular flexibility index (Phi) is 3.40. The van der Waals surface area contributed by atoms with Crippen LogP contribution in [0.3, 0.4) is 0 Å². The molecule has 1 aromatic heterocycles. The van der Waals surface area contributed by atoms with Gasteiger partial charge in [-0.1, -0.05) is 0 Å². The molecule has 2 rings (SSSR count). The molecule has 0 aliphatic carbocycles. The van der Waals surface area contributed by atoms with Gasteiger partial charge in [0.15, 0.2) is 0 Å². The Labute approximate surface area is 110 Å². The van der Waals surface area contributed by atoms with E-state index >= 15 is 0 Å². The third-order valence-electron chi connectivity index (χ3n) is 1.80. The number of halogens is 1. The summed E-state index contributed by atoms with van der Waals surface area (Å²) in [5.74, 6) is 0.434. The molecule has 2 aromatic rings. The fraction of sp³-hybridized carbons (Fsp3) is 0. The smallest absolute Gasteiger partial charge is 0.284 e. The van der Waals surface area contributed by atoms with E-state index in [1.165, 1.54) is 0 Å². The number of nitrogens with zero attached hydrogens (tertiary/aromatic N) is 2. The van der Waals surface area contributed by atoms with Gasteiger partial charge in [-0.05, 0) is 58.6 Å². The van der Waals surface area contributed by atoms with E-state index in [1.54, 1.807) is 6.07 Å². The molecule has 1 aromatic carbocycles. The summed E-state index contributed by atoms with van der Waals surface area (Å²) in [6.45, 7) is 0. The molecule has 0 fully saturated rings. The van der Waals surface area contributed by atoms with Gasteiger partial charge in [-0.3, -0.25) is 0 Å². The minimum Gasteiger partial charge on any atom is -0.409 e. The summed E-state index contributed by atoms with van der Waals surface area (Å²) in [5, 5.41) is 8.78. The highest BCUT2D eigenvalue weighted by Crippen LogP contribution is 2.29. The van der Waals surface area contributed by atoms with Gasteiger partial charge in [0.2, 0.25) is 5.89 Å². The first-order valence-electron chi connectivity index (χ1n) is 4.14. The SMILES string of the molecule is S=C=Nc1ccc(-c2n[nH]c(=S)o2)cc1Br. The standard InChI is InChI=1S/C9H4BrN3OS2/c10-6-3-5(1-2-7(6)11-4-15)8-12-13-9(16)14-8/h1-3H,(H,13,16). The summed E-state index contributed by atoms with van der Waals surface area (Å²) in [6, 6.07) is 5.41. The van der Waals surface area contributed by atoms with E-state index in [9.17, 15) is 0 Å². The van der Waals surface area contributed by atoms with Crippen LogP contribution >= 0.6 is 40.4 Å². The molecule has 0 saturated carbocycles. The molecule has 0 unspecified atom stereocenters. The highest BCUT2D eigenvalue weighted by molar-refractivity contribution is 9.10. The average molecular weight is 314 g/mol. The van der Waals surface area contributed by atoms with Gasteiger partial charge in [0.1, 0.15) is 0 Å². The number of H-pyrrole nitrogens is 1. The number of nitrogens with one attached hydrogen (secondary N) is 1. The lowest BCUT2D eigenvalue weighted by molar-refractivity contribution is 0.552. The normalized spacial score (nSPS) is 9.81. The fourth-order valence-corrected chi connectivity index (χ4v) is 1.82. The number of rotatable bonds is 2. The van der Waals surface area contributed by atoms with Crippen LogP contribution in [0.15, 0.2) is 32.1 Å². The number of aromatic nitrogens is 2. The fourth-order valence-electron chi connectivity index (χ4n) is 1.13. The van der Waals surface area contributed by atoms with Crippen LogP contribution in [0.25, 0.3) is 11.5 Å². The Morgan fingerprint density at radius 1 is 1.50 bits per heavy atom. The third kappa shape index (κ3) is 2.33. The lowest BCUT2D eigenvalue weighted by Crippen LogP contribution is -1.78. The molecule has 1 heterocycles. The van der Waals surface area contributed by atoms with E-state index in [0.29, 0.717) is 11.6 Å². The topological polar surface area (TPSA) is 54.2 Å². The van der Waals surface area contributed by atoms with Gasteiger partial charge >= 0.3 is 0 Å². The van der Waals surface area contributed by atoms with Crippen molar-refractivity contribution in [3.05, 3.63) is 27.5 Å². The lowest BCUT2D eigenvalue weighted by Gasteiger charge is -1.98. The molecule has 0 aliphatic heterocycles. The van der Waals surface area contributed by atoms with Gasteiger partial charge in [-0.15, -0.1) is 5.10 Å². The van der Waals surface area contributed by atoms with Gasteiger partial charge in [0, 0.05) is 10.0 Å². The number of thiocarbonyl (C=S) groups is 1. The molecule has 1 N–H and O–H groups in total. The molecule has 80 valence electrons. The van der Waals surface area contributed by atoms with Crippen LogP contribution in [0.1, 0.15) is 0 Å². The van der Waals surface area contributed by atoms with Crippen molar-refractivity contribution in [3.63, 3.8) is 0 Å². The quantitative estimate of drug-likeness (QED) is 0.675. The van der Waals surface area contributed by atoms with E-state index in [0.717, 1.165) is 10.0 Å². The predicted octanol–water partition coefficient (Wildman–Crippen LogP) is 3.90. The lowest BCUT2D eigenvalue weighted by atomic mass is 10.2. The Hall–Kier alpha value is -1.14. The maximum absolute atomic E-state index is 5.18. The van der Waals surface area contributed by atoms with Crippen molar-refractivity contribution < 1.29 is 4.42 Å². The minimum atomic E-state index is 0.243. The van der Waals surface area contributed by atoms with Crippen molar-refractivity contribution in [1.82, 2.24) is 10.2 Å². The molecule has 0 atom stereocenters. The molecule has 0 radical (unpaired) electrons. The van der Waals surface area contributed by atoms with Crippen LogP contribution in [0.4, 0.5) is 5.69 Å². The Morgan fingerprint density at radius 3 is 2.88 bits per heavy atom. The number of isothiocyanates is 1. The van der Waals surface area contributed by atoms with Gasteiger partial charge < -0.3 is 4.42 Å². The van der Waals surface area contributed by atoms with Crippen molar-refractivity contribution in [2.75, 3.05) is 0 Å². The summed E-state index contributed by atoms with van der Waals surface area (Å²) in [7, 11) is 0. The van der Waals surface area contributed by atoms with Crippen LogP contribution in [0, 0.1) is 4.84 Å². The van der Waals surface area contributed by atoms with E-state index in [1.807, 2.05) is 12.1 Å². The van der Waals surface area contributed by atoms with Gasteiger partial charge in [-0.25, -0.2) is 5.10 Å². The maximum atomic E-state index is 5.18. The van der Waals surface area contributed by atoms with Crippen molar-refractivity contribution in [2.24, 2.45) is 4.99 Å². The second-order valence-corrected chi connectivity index (χ2v) is 4.20. The van der Waals surface area contributed by atoms with Crippen molar-refractivity contribution in [1.29, 1.82) is 0 Å². The van der Waals surface area contributed by atoms with Gasteiger partial charge in [-0.2, -0.15) is 4.99 Å². The molecular weight excluding hydrogens is 310 g/mol. The van der Waals surface area contributed by atoms with E-state index in [-0.39, 0.29) is 4.84 Å². The zero-order valence-corrected chi connectivity index (χ0v) is 10.9. The molecule has 4 nitrogen and oxygen atoms in total. The van der Waals surface area contributed by atoms with Crippen LogP contribution in [-0.4, -0.2) is 15.4 Å². The van der Waals surface area contributed by atoms with E-state index in [2.05, 4.69) is 48.5 Å². The Morgan fingerprint density at radius 2 is 2.31 bits per heavy atom. The van der Waals surface area contributed by atoms with Crippen LogP contribution in [-0.2, 0) is 0 Å². The van der Waals surface area contributed by atoms with E-state index in [4.69, 9.17) is 16.6 Å². The number of hydrogen-bond donors (Lipinski definition) is 1. The first-order valence-corrected chi connectivity index (χ1v) is 5.75.